The fraction of sp³-hybridized carbons (Fsp3) is 0.267. The third-order valence-corrected chi connectivity index (χ3v) is 5.06. The average molecular weight is 432 g/mol. The van der Waals surface area contributed by atoms with Crippen LogP contribution in [0.15, 0.2) is 21.5 Å². The maximum absolute atomic E-state index is 12.4. The van der Waals surface area contributed by atoms with Crippen molar-refractivity contribution in [2.75, 3.05) is 13.7 Å². The molecule has 1 aliphatic rings. The molecule has 0 unspecified atom stereocenters. The van der Waals surface area contributed by atoms with Crippen molar-refractivity contribution in [2.24, 2.45) is 0 Å². The number of aliphatic carboxylic acids is 1. The zero-order valence-corrected chi connectivity index (χ0v) is 15.8. The molecule has 0 aliphatic carbocycles. The van der Waals surface area contributed by atoms with E-state index < -0.39 is 5.97 Å². The zero-order valence-electron chi connectivity index (χ0n) is 12.6. The van der Waals surface area contributed by atoms with Gasteiger partial charge in [0.15, 0.2) is 11.5 Å². The highest BCUT2D eigenvalue weighted by Gasteiger charge is 2.32. The Hall–Kier alpha value is -1.58. The number of phenols is 1. The van der Waals surface area contributed by atoms with E-state index in [0.717, 1.165) is 11.8 Å². The molecule has 0 bridgehead atoms. The number of hydrogen-bond donors (Lipinski definition) is 2. The Kier molecular flexibility index (Phi) is 6.25. The van der Waals surface area contributed by atoms with E-state index in [1.54, 1.807) is 18.2 Å². The normalized spacial score (nSPS) is 16.1. The van der Waals surface area contributed by atoms with Crippen LogP contribution in [0.5, 0.6) is 11.5 Å². The number of carboxylic acid groups (broad SMARTS) is 1. The number of carboxylic acids is 1. The quantitative estimate of drug-likeness (QED) is 0.527. The van der Waals surface area contributed by atoms with E-state index in [1.165, 1.54) is 12.0 Å². The standard InChI is InChI=1S/C15H14BrNO5S2/c1-22-10-7-9(16)5-8(13(10)20)6-11-14(21)17(15(23)24-11)4-2-3-12(18)19/h5-7,20H,2-4H2,1H3,(H,18,19)/b11-6-. The van der Waals surface area contributed by atoms with Gasteiger partial charge in [-0.2, -0.15) is 0 Å². The molecule has 0 spiro atoms. The molecular formula is C15H14BrNO5S2. The van der Waals surface area contributed by atoms with Crippen molar-refractivity contribution in [1.29, 1.82) is 0 Å². The molecule has 1 aliphatic heterocycles. The lowest BCUT2D eigenvalue weighted by atomic mass is 10.1. The molecule has 128 valence electrons. The van der Waals surface area contributed by atoms with Crippen molar-refractivity contribution in [3.63, 3.8) is 0 Å². The first-order valence-corrected chi connectivity index (χ1v) is 8.89. The molecule has 0 radical (unpaired) electrons. The Morgan fingerprint density at radius 1 is 1.50 bits per heavy atom. The average Bonchev–Trinajstić information content (AvgIpc) is 2.77. The predicted molar refractivity (Wildman–Crippen MR) is 99.1 cm³/mol. The van der Waals surface area contributed by atoms with Crippen molar-refractivity contribution in [3.8, 4) is 11.5 Å². The van der Waals surface area contributed by atoms with Crippen LogP contribution < -0.4 is 4.74 Å². The van der Waals surface area contributed by atoms with Crippen LogP contribution in [0.25, 0.3) is 6.08 Å². The van der Waals surface area contributed by atoms with E-state index in [2.05, 4.69) is 15.9 Å². The van der Waals surface area contributed by atoms with Crippen molar-refractivity contribution in [1.82, 2.24) is 4.90 Å². The van der Waals surface area contributed by atoms with Gasteiger partial charge in [0.1, 0.15) is 4.32 Å². The topological polar surface area (TPSA) is 87.1 Å². The summed E-state index contributed by atoms with van der Waals surface area (Å²) in [7, 11) is 1.44. The number of rotatable bonds is 6. The van der Waals surface area contributed by atoms with Crippen LogP contribution in [0.2, 0.25) is 0 Å². The van der Waals surface area contributed by atoms with Gasteiger partial charge < -0.3 is 14.9 Å². The fourth-order valence-electron chi connectivity index (χ4n) is 2.08. The first kappa shape index (κ1) is 18.8. The first-order chi connectivity index (χ1) is 11.3. The largest absolute Gasteiger partial charge is 0.504 e. The summed E-state index contributed by atoms with van der Waals surface area (Å²) in [5, 5.41) is 18.8. The van der Waals surface area contributed by atoms with Gasteiger partial charge in [0, 0.05) is 23.0 Å². The monoisotopic (exact) mass is 431 g/mol. The number of carbonyl (C=O) groups excluding carboxylic acids is 1. The van der Waals surface area contributed by atoms with Gasteiger partial charge in [-0.15, -0.1) is 0 Å². The molecule has 0 atom stereocenters. The van der Waals surface area contributed by atoms with E-state index in [1.807, 2.05) is 0 Å². The summed E-state index contributed by atoms with van der Waals surface area (Å²) in [5.74, 6) is -1.000. The summed E-state index contributed by atoms with van der Waals surface area (Å²) in [6, 6.07) is 3.28. The van der Waals surface area contributed by atoms with Crippen LogP contribution >= 0.6 is 39.9 Å². The van der Waals surface area contributed by atoms with Gasteiger partial charge in [0.25, 0.3) is 5.91 Å². The minimum absolute atomic E-state index is 0.0280. The maximum atomic E-state index is 12.4. The number of carbonyl (C=O) groups is 2. The lowest BCUT2D eigenvalue weighted by molar-refractivity contribution is -0.137. The van der Waals surface area contributed by atoms with Crippen molar-refractivity contribution < 1.29 is 24.5 Å². The highest BCUT2D eigenvalue weighted by atomic mass is 79.9. The number of nitrogens with zero attached hydrogens (tertiary/aromatic N) is 1. The molecule has 2 N–H and O–H groups in total. The van der Waals surface area contributed by atoms with Gasteiger partial charge >= 0.3 is 5.97 Å². The van der Waals surface area contributed by atoms with Crippen molar-refractivity contribution >= 4 is 62.2 Å². The van der Waals surface area contributed by atoms with E-state index >= 15 is 0 Å². The molecule has 6 nitrogen and oxygen atoms in total. The summed E-state index contributed by atoms with van der Waals surface area (Å²) >= 11 is 9.62. The molecule has 9 heteroatoms. The number of hydrogen-bond acceptors (Lipinski definition) is 6. The third kappa shape index (κ3) is 4.28. The zero-order chi connectivity index (χ0) is 17.9. The highest BCUT2D eigenvalue weighted by molar-refractivity contribution is 9.10. The molecule has 0 aromatic heterocycles. The van der Waals surface area contributed by atoms with Crippen LogP contribution in [0.4, 0.5) is 0 Å². The molecule has 1 amide bonds. The van der Waals surface area contributed by atoms with E-state index in [4.69, 9.17) is 22.1 Å². The second-order valence-electron chi connectivity index (χ2n) is 4.88. The van der Waals surface area contributed by atoms with E-state index in [-0.39, 0.29) is 30.4 Å². The molecule has 1 aromatic carbocycles. The summed E-state index contributed by atoms with van der Waals surface area (Å²) < 4.78 is 6.15. The van der Waals surface area contributed by atoms with E-state index in [0.29, 0.717) is 25.7 Å². The Balaban J connectivity index is 2.23. The summed E-state index contributed by atoms with van der Waals surface area (Å²) in [5.41, 5.74) is 0.423. The second-order valence-corrected chi connectivity index (χ2v) is 7.47. The lowest BCUT2D eigenvalue weighted by Crippen LogP contribution is -2.29. The fourth-order valence-corrected chi connectivity index (χ4v) is 3.84. The number of ether oxygens (including phenoxy) is 1. The minimum atomic E-state index is -0.915. The van der Waals surface area contributed by atoms with Gasteiger partial charge in [0.2, 0.25) is 0 Å². The van der Waals surface area contributed by atoms with Crippen molar-refractivity contribution in [2.45, 2.75) is 12.8 Å². The van der Waals surface area contributed by atoms with E-state index in [9.17, 15) is 14.7 Å². The SMILES string of the molecule is COc1cc(Br)cc(/C=C2\SC(=S)N(CCCC(=O)O)C2=O)c1O. The van der Waals surface area contributed by atoms with Gasteiger partial charge in [-0.05, 0) is 24.6 Å². The molecule has 24 heavy (non-hydrogen) atoms. The summed E-state index contributed by atoms with van der Waals surface area (Å²) in [6.45, 7) is 0.252. The second kappa shape index (κ2) is 8.00. The Morgan fingerprint density at radius 2 is 2.21 bits per heavy atom. The number of phenolic OH excluding ortho intramolecular Hbond substituents is 1. The maximum Gasteiger partial charge on any atom is 0.303 e. The van der Waals surface area contributed by atoms with Gasteiger partial charge in [-0.25, -0.2) is 0 Å². The van der Waals surface area contributed by atoms with Gasteiger partial charge in [-0.3, -0.25) is 14.5 Å². The lowest BCUT2D eigenvalue weighted by Gasteiger charge is -2.13. The van der Waals surface area contributed by atoms with Gasteiger partial charge in [0.05, 0.1) is 12.0 Å². The molecular weight excluding hydrogens is 418 g/mol. The number of thiocarbonyl (C=S) groups is 1. The third-order valence-electron chi connectivity index (χ3n) is 3.22. The Labute approximate surface area is 156 Å². The first-order valence-electron chi connectivity index (χ1n) is 6.87. The number of amides is 1. The molecule has 1 fully saturated rings. The number of aromatic hydroxyl groups is 1. The molecule has 0 saturated carbocycles. The Bertz CT molecular complexity index is 735. The Morgan fingerprint density at radius 3 is 2.83 bits per heavy atom. The smallest absolute Gasteiger partial charge is 0.303 e. The number of methoxy groups -OCH3 is 1. The van der Waals surface area contributed by atoms with Gasteiger partial charge in [-0.1, -0.05) is 39.9 Å². The van der Waals surface area contributed by atoms with Crippen LogP contribution in [0.3, 0.4) is 0 Å². The highest BCUT2D eigenvalue weighted by Crippen LogP contribution is 2.38. The van der Waals surface area contributed by atoms with Crippen LogP contribution in [-0.4, -0.2) is 45.0 Å². The molecule has 1 aromatic rings. The van der Waals surface area contributed by atoms with Crippen molar-refractivity contribution in [3.05, 3.63) is 27.1 Å². The number of halogens is 1. The van der Waals surface area contributed by atoms with Crippen LogP contribution in [0, 0.1) is 0 Å². The minimum Gasteiger partial charge on any atom is -0.504 e. The van der Waals surface area contributed by atoms with Crippen LogP contribution in [0.1, 0.15) is 18.4 Å². The van der Waals surface area contributed by atoms with Crippen LogP contribution in [-0.2, 0) is 9.59 Å². The number of thioether (sulfide) groups is 1. The summed E-state index contributed by atoms with van der Waals surface area (Å²) in [6.07, 6.45) is 1.84. The number of benzene rings is 1. The molecule has 2 rings (SSSR count). The molecule has 1 heterocycles. The summed E-state index contributed by atoms with van der Waals surface area (Å²) in [4.78, 5) is 24.7. The predicted octanol–water partition coefficient (Wildman–Crippen LogP) is 3.23. The molecule has 1 saturated heterocycles.